The van der Waals surface area contributed by atoms with Gasteiger partial charge in [-0.3, -0.25) is 4.79 Å². The van der Waals surface area contributed by atoms with E-state index in [1.807, 2.05) is 17.0 Å². The molecule has 0 atom stereocenters. The van der Waals surface area contributed by atoms with Gasteiger partial charge in [0, 0.05) is 35.5 Å². The normalized spacial score (nSPS) is 14.7. The molecule has 1 aliphatic rings. The molecule has 0 bridgehead atoms. The zero-order valence-corrected chi connectivity index (χ0v) is 18.2. The van der Waals surface area contributed by atoms with Crippen molar-refractivity contribution >= 4 is 60.3 Å². The van der Waals surface area contributed by atoms with Crippen LogP contribution in [0, 0.1) is 6.92 Å². The van der Waals surface area contributed by atoms with Crippen LogP contribution in [0.2, 0.25) is 0 Å². The summed E-state index contributed by atoms with van der Waals surface area (Å²) in [4.78, 5) is 22.7. The Hall–Kier alpha value is -1.57. The second-order valence-corrected chi connectivity index (χ2v) is 9.55. The number of carbonyl (C=O) groups is 1. The van der Waals surface area contributed by atoms with Crippen molar-refractivity contribution in [3.8, 4) is 0 Å². The van der Waals surface area contributed by atoms with E-state index in [0.717, 1.165) is 46.2 Å². The molecule has 0 unspecified atom stereocenters. The van der Waals surface area contributed by atoms with Crippen LogP contribution >= 0.6 is 39.0 Å². The maximum Gasteiger partial charge on any atom is 0.233 e. The summed E-state index contributed by atoms with van der Waals surface area (Å²) < 4.78 is 2.26. The lowest BCUT2D eigenvalue weighted by Gasteiger charge is -2.34. The number of aryl methyl sites for hydroxylation is 1. The number of thiazole rings is 1. The summed E-state index contributed by atoms with van der Waals surface area (Å²) in [7, 11) is 0. The van der Waals surface area contributed by atoms with E-state index in [9.17, 15) is 4.79 Å². The minimum atomic E-state index is 0.216. The SMILES string of the molecule is Cc1ccc(SCC(=O)N2CCN(c3nc4ccc(Br)cc4s3)CC2)cc1. The first-order valence-electron chi connectivity index (χ1n) is 8.87. The van der Waals surface area contributed by atoms with Crippen LogP contribution < -0.4 is 4.90 Å². The third kappa shape index (κ3) is 4.47. The van der Waals surface area contributed by atoms with E-state index < -0.39 is 0 Å². The minimum Gasteiger partial charge on any atom is -0.345 e. The zero-order valence-electron chi connectivity index (χ0n) is 15.0. The van der Waals surface area contributed by atoms with Gasteiger partial charge in [-0.15, -0.1) is 11.8 Å². The van der Waals surface area contributed by atoms with Crippen molar-refractivity contribution in [2.45, 2.75) is 11.8 Å². The van der Waals surface area contributed by atoms with E-state index in [0.29, 0.717) is 5.75 Å². The fourth-order valence-electron chi connectivity index (χ4n) is 3.04. The lowest BCUT2D eigenvalue weighted by atomic mass is 10.2. The monoisotopic (exact) mass is 461 g/mol. The summed E-state index contributed by atoms with van der Waals surface area (Å²) in [5.74, 6) is 0.714. The summed E-state index contributed by atoms with van der Waals surface area (Å²) in [5.41, 5.74) is 2.27. The lowest BCUT2D eigenvalue weighted by molar-refractivity contribution is -0.128. The smallest absolute Gasteiger partial charge is 0.233 e. The average Bonchev–Trinajstić information content (AvgIpc) is 3.10. The van der Waals surface area contributed by atoms with Gasteiger partial charge in [0.25, 0.3) is 0 Å². The number of anilines is 1. The standard InChI is InChI=1S/C20H20BrN3OS2/c1-14-2-5-16(6-3-14)26-13-19(25)23-8-10-24(11-9-23)20-22-17-7-4-15(21)12-18(17)27-20/h2-7,12H,8-11,13H2,1H3. The molecule has 27 heavy (non-hydrogen) atoms. The molecule has 0 saturated carbocycles. The molecule has 1 amide bonds. The van der Waals surface area contributed by atoms with E-state index >= 15 is 0 Å². The van der Waals surface area contributed by atoms with E-state index in [1.54, 1.807) is 23.1 Å². The summed E-state index contributed by atoms with van der Waals surface area (Å²) in [6.07, 6.45) is 0. The third-order valence-electron chi connectivity index (χ3n) is 4.63. The molecule has 0 spiro atoms. The minimum absolute atomic E-state index is 0.216. The molecule has 2 heterocycles. The van der Waals surface area contributed by atoms with Crippen LogP contribution in [-0.2, 0) is 4.79 Å². The Morgan fingerprint density at radius 1 is 1.15 bits per heavy atom. The molecular formula is C20H20BrN3OS2. The number of halogens is 1. The second kappa shape index (κ2) is 8.20. The summed E-state index contributed by atoms with van der Waals surface area (Å²) in [5, 5.41) is 1.05. The third-order valence-corrected chi connectivity index (χ3v) is 7.19. The molecule has 1 aromatic heterocycles. The van der Waals surface area contributed by atoms with Crippen LogP contribution in [0.3, 0.4) is 0 Å². The highest BCUT2D eigenvalue weighted by molar-refractivity contribution is 9.10. The molecule has 0 radical (unpaired) electrons. The largest absolute Gasteiger partial charge is 0.345 e. The molecule has 1 fully saturated rings. The van der Waals surface area contributed by atoms with Crippen molar-refractivity contribution in [2.24, 2.45) is 0 Å². The molecule has 3 aromatic rings. The van der Waals surface area contributed by atoms with E-state index in [2.05, 4.69) is 58.1 Å². The Morgan fingerprint density at radius 2 is 1.89 bits per heavy atom. The Bertz CT molecular complexity index is 950. The Morgan fingerprint density at radius 3 is 2.63 bits per heavy atom. The van der Waals surface area contributed by atoms with Crippen molar-refractivity contribution in [1.29, 1.82) is 0 Å². The topological polar surface area (TPSA) is 36.4 Å². The van der Waals surface area contributed by atoms with Crippen LogP contribution in [0.4, 0.5) is 5.13 Å². The van der Waals surface area contributed by atoms with Crippen LogP contribution in [0.1, 0.15) is 5.56 Å². The predicted octanol–water partition coefficient (Wildman–Crippen LogP) is 4.81. The van der Waals surface area contributed by atoms with Gasteiger partial charge >= 0.3 is 0 Å². The number of nitrogens with zero attached hydrogens (tertiary/aromatic N) is 3. The molecular weight excluding hydrogens is 442 g/mol. The van der Waals surface area contributed by atoms with E-state index in [1.165, 1.54) is 10.3 Å². The predicted molar refractivity (Wildman–Crippen MR) is 118 cm³/mol. The molecule has 7 heteroatoms. The van der Waals surface area contributed by atoms with Crippen molar-refractivity contribution < 1.29 is 4.79 Å². The highest BCUT2D eigenvalue weighted by Crippen LogP contribution is 2.31. The first-order valence-corrected chi connectivity index (χ1v) is 11.5. The molecule has 0 N–H and O–H groups in total. The number of carbonyl (C=O) groups excluding carboxylic acids is 1. The van der Waals surface area contributed by atoms with Gasteiger partial charge in [0.05, 0.1) is 16.0 Å². The number of thioether (sulfide) groups is 1. The number of fused-ring (bicyclic) bond motifs is 1. The summed E-state index contributed by atoms with van der Waals surface area (Å²) in [6, 6.07) is 14.5. The molecule has 140 valence electrons. The Labute approximate surface area is 175 Å². The fraction of sp³-hybridized carbons (Fsp3) is 0.300. The first-order chi connectivity index (χ1) is 13.1. The zero-order chi connectivity index (χ0) is 18.8. The lowest BCUT2D eigenvalue weighted by Crippen LogP contribution is -2.49. The highest BCUT2D eigenvalue weighted by atomic mass is 79.9. The fourth-order valence-corrected chi connectivity index (χ4v) is 5.41. The van der Waals surface area contributed by atoms with Crippen molar-refractivity contribution in [2.75, 3.05) is 36.8 Å². The Balaban J connectivity index is 1.32. The number of hydrogen-bond donors (Lipinski definition) is 0. The van der Waals surface area contributed by atoms with Gasteiger partial charge < -0.3 is 9.80 Å². The van der Waals surface area contributed by atoms with Gasteiger partial charge in [-0.05, 0) is 37.3 Å². The van der Waals surface area contributed by atoms with Crippen molar-refractivity contribution in [3.05, 3.63) is 52.5 Å². The van der Waals surface area contributed by atoms with Gasteiger partial charge in [0.2, 0.25) is 5.91 Å². The first kappa shape index (κ1) is 18.8. The molecule has 2 aromatic carbocycles. The van der Waals surface area contributed by atoms with Gasteiger partial charge in [0.1, 0.15) is 0 Å². The van der Waals surface area contributed by atoms with Gasteiger partial charge in [-0.25, -0.2) is 4.98 Å². The maximum atomic E-state index is 12.5. The molecule has 4 nitrogen and oxygen atoms in total. The van der Waals surface area contributed by atoms with Crippen LogP contribution in [0.25, 0.3) is 10.2 Å². The van der Waals surface area contributed by atoms with E-state index in [-0.39, 0.29) is 5.91 Å². The maximum absolute atomic E-state index is 12.5. The number of hydrogen-bond acceptors (Lipinski definition) is 5. The second-order valence-electron chi connectivity index (χ2n) is 6.58. The quantitative estimate of drug-likeness (QED) is 0.522. The van der Waals surface area contributed by atoms with Gasteiger partial charge in [-0.2, -0.15) is 0 Å². The van der Waals surface area contributed by atoms with Gasteiger partial charge in [0.15, 0.2) is 5.13 Å². The molecule has 1 saturated heterocycles. The highest BCUT2D eigenvalue weighted by Gasteiger charge is 2.23. The van der Waals surface area contributed by atoms with Crippen LogP contribution in [0.5, 0.6) is 0 Å². The van der Waals surface area contributed by atoms with Crippen molar-refractivity contribution in [1.82, 2.24) is 9.88 Å². The molecule has 0 aliphatic carbocycles. The number of benzene rings is 2. The van der Waals surface area contributed by atoms with E-state index in [4.69, 9.17) is 4.98 Å². The summed E-state index contributed by atoms with van der Waals surface area (Å²) in [6.45, 7) is 5.26. The number of aromatic nitrogens is 1. The summed E-state index contributed by atoms with van der Waals surface area (Å²) >= 11 is 6.84. The molecule has 4 rings (SSSR count). The van der Waals surface area contributed by atoms with Gasteiger partial charge in [-0.1, -0.05) is 45.0 Å². The average molecular weight is 462 g/mol. The Kier molecular flexibility index (Phi) is 5.71. The number of amides is 1. The van der Waals surface area contributed by atoms with Crippen LogP contribution in [0.15, 0.2) is 51.8 Å². The van der Waals surface area contributed by atoms with Crippen molar-refractivity contribution in [3.63, 3.8) is 0 Å². The number of rotatable bonds is 4. The number of piperazine rings is 1. The molecule has 1 aliphatic heterocycles. The van der Waals surface area contributed by atoms with Crippen LogP contribution in [-0.4, -0.2) is 47.7 Å².